The van der Waals surface area contributed by atoms with Gasteiger partial charge in [-0.05, 0) is 42.2 Å². The molecule has 0 amide bonds. The smallest absolute Gasteiger partial charge is 0.269 e. The van der Waals surface area contributed by atoms with Crippen molar-refractivity contribution in [2.24, 2.45) is 0 Å². The van der Waals surface area contributed by atoms with Crippen molar-refractivity contribution < 1.29 is 9.66 Å². The highest BCUT2D eigenvalue weighted by molar-refractivity contribution is 5.41. The Labute approximate surface area is 111 Å². The number of non-ortho nitro benzene ring substituents is 1. The zero-order valence-corrected chi connectivity index (χ0v) is 10.6. The van der Waals surface area contributed by atoms with Gasteiger partial charge in [-0.15, -0.1) is 0 Å². The molecule has 2 aromatic carbocycles. The highest BCUT2D eigenvalue weighted by Gasteiger charge is 2.06. The Bertz CT molecular complexity index is 591. The van der Waals surface area contributed by atoms with Crippen LogP contribution in [-0.2, 0) is 6.42 Å². The van der Waals surface area contributed by atoms with Crippen molar-refractivity contribution >= 4 is 5.69 Å². The van der Waals surface area contributed by atoms with E-state index in [1.807, 2.05) is 18.2 Å². The van der Waals surface area contributed by atoms with Gasteiger partial charge < -0.3 is 4.74 Å². The summed E-state index contributed by atoms with van der Waals surface area (Å²) >= 11 is 0. The predicted octanol–water partition coefficient (Wildman–Crippen LogP) is 3.38. The highest BCUT2D eigenvalue weighted by atomic mass is 16.6. The SMILES string of the molecule is [CH2]c1ccc(OC)cc1Cc1ccc([N+](=O)[O-])cc1. The summed E-state index contributed by atoms with van der Waals surface area (Å²) in [6.07, 6.45) is 0.675. The maximum atomic E-state index is 10.6. The summed E-state index contributed by atoms with van der Waals surface area (Å²) in [6.45, 7) is 3.97. The van der Waals surface area contributed by atoms with Gasteiger partial charge in [0.15, 0.2) is 0 Å². The van der Waals surface area contributed by atoms with E-state index in [1.54, 1.807) is 19.2 Å². The highest BCUT2D eigenvalue weighted by Crippen LogP contribution is 2.21. The number of nitro groups is 1. The summed E-state index contributed by atoms with van der Waals surface area (Å²) in [5, 5.41) is 10.6. The molecule has 97 valence electrons. The minimum atomic E-state index is -0.401. The minimum Gasteiger partial charge on any atom is -0.497 e. The molecule has 2 rings (SSSR count). The van der Waals surface area contributed by atoms with Crippen molar-refractivity contribution in [1.29, 1.82) is 0 Å². The first-order valence-electron chi connectivity index (χ1n) is 5.82. The van der Waals surface area contributed by atoms with E-state index < -0.39 is 4.92 Å². The number of benzene rings is 2. The molecule has 0 saturated carbocycles. The number of hydrogen-bond acceptors (Lipinski definition) is 3. The molecule has 0 heterocycles. The lowest BCUT2D eigenvalue weighted by atomic mass is 10.00. The maximum Gasteiger partial charge on any atom is 0.269 e. The lowest BCUT2D eigenvalue weighted by Gasteiger charge is -2.08. The molecular formula is C15H14NO3. The molecule has 0 aliphatic heterocycles. The third-order valence-corrected chi connectivity index (χ3v) is 2.96. The second-order valence-electron chi connectivity index (χ2n) is 4.23. The van der Waals surface area contributed by atoms with Crippen molar-refractivity contribution in [2.45, 2.75) is 6.42 Å². The van der Waals surface area contributed by atoms with E-state index >= 15 is 0 Å². The predicted molar refractivity (Wildman–Crippen MR) is 73.4 cm³/mol. The van der Waals surface area contributed by atoms with Gasteiger partial charge >= 0.3 is 0 Å². The Morgan fingerprint density at radius 2 is 1.89 bits per heavy atom. The molecule has 0 N–H and O–H groups in total. The van der Waals surface area contributed by atoms with Gasteiger partial charge in [-0.2, -0.15) is 0 Å². The first kappa shape index (κ1) is 13.1. The van der Waals surface area contributed by atoms with E-state index in [0.29, 0.717) is 6.42 Å². The van der Waals surface area contributed by atoms with E-state index in [2.05, 4.69) is 6.92 Å². The van der Waals surface area contributed by atoms with Crippen LogP contribution < -0.4 is 4.74 Å². The fourth-order valence-corrected chi connectivity index (χ4v) is 1.85. The lowest BCUT2D eigenvalue weighted by Crippen LogP contribution is -1.94. The molecule has 4 nitrogen and oxygen atoms in total. The first-order chi connectivity index (χ1) is 9.10. The summed E-state index contributed by atoms with van der Waals surface area (Å²) in [5.41, 5.74) is 3.08. The number of nitro benzene ring substituents is 1. The Morgan fingerprint density at radius 3 is 2.47 bits per heavy atom. The Hall–Kier alpha value is -2.36. The Morgan fingerprint density at radius 1 is 1.21 bits per heavy atom. The zero-order valence-electron chi connectivity index (χ0n) is 10.6. The van der Waals surface area contributed by atoms with E-state index in [9.17, 15) is 10.1 Å². The number of ether oxygens (including phenoxy) is 1. The van der Waals surface area contributed by atoms with Crippen molar-refractivity contribution in [2.75, 3.05) is 7.11 Å². The molecule has 0 fully saturated rings. The molecular weight excluding hydrogens is 242 g/mol. The van der Waals surface area contributed by atoms with Crippen LogP contribution >= 0.6 is 0 Å². The molecule has 1 radical (unpaired) electrons. The van der Waals surface area contributed by atoms with Crippen LogP contribution in [0.25, 0.3) is 0 Å². The molecule has 0 saturated heterocycles. The number of hydrogen-bond donors (Lipinski definition) is 0. The van der Waals surface area contributed by atoms with E-state index in [1.165, 1.54) is 12.1 Å². The monoisotopic (exact) mass is 256 g/mol. The van der Waals surface area contributed by atoms with E-state index in [0.717, 1.165) is 22.4 Å². The largest absolute Gasteiger partial charge is 0.497 e. The second kappa shape index (κ2) is 5.52. The topological polar surface area (TPSA) is 52.4 Å². The van der Waals surface area contributed by atoms with Gasteiger partial charge in [-0.25, -0.2) is 0 Å². The fourth-order valence-electron chi connectivity index (χ4n) is 1.85. The molecule has 19 heavy (non-hydrogen) atoms. The summed E-state index contributed by atoms with van der Waals surface area (Å²) in [5.74, 6) is 0.782. The summed E-state index contributed by atoms with van der Waals surface area (Å²) in [6, 6.07) is 12.2. The van der Waals surface area contributed by atoms with Crippen LogP contribution in [0.4, 0.5) is 5.69 Å². The van der Waals surface area contributed by atoms with Crippen molar-refractivity contribution in [1.82, 2.24) is 0 Å². The molecule has 0 bridgehead atoms. The summed E-state index contributed by atoms with van der Waals surface area (Å²) in [4.78, 5) is 10.2. The number of nitrogens with zero attached hydrogens (tertiary/aromatic N) is 1. The van der Waals surface area contributed by atoms with Gasteiger partial charge in [0.25, 0.3) is 5.69 Å². The lowest BCUT2D eigenvalue weighted by molar-refractivity contribution is -0.384. The molecule has 0 aromatic heterocycles. The van der Waals surface area contributed by atoms with Crippen LogP contribution in [-0.4, -0.2) is 12.0 Å². The maximum absolute atomic E-state index is 10.6. The van der Waals surface area contributed by atoms with Gasteiger partial charge in [0.2, 0.25) is 0 Å². The normalized spacial score (nSPS) is 10.2. The molecule has 0 atom stereocenters. The third kappa shape index (κ3) is 3.10. The summed E-state index contributed by atoms with van der Waals surface area (Å²) in [7, 11) is 1.62. The van der Waals surface area contributed by atoms with Crippen molar-refractivity contribution in [3.8, 4) is 5.75 Å². The Balaban J connectivity index is 2.23. The quantitative estimate of drug-likeness (QED) is 0.622. The van der Waals surface area contributed by atoms with Crippen LogP contribution in [0.5, 0.6) is 5.75 Å². The first-order valence-corrected chi connectivity index (χ1v) is 5.82. The molecule has 0 unspecified atom stereocenters. The van der Waals surface area contributed by atoms with Crippen LogP contribution in [0.15, 0.2) is 42.5 Å². The van der Waals surface area contributed by atoms with E-state index in [-0.39, 0.29) is 5.69 Å². The van der Waals surface area contributed by atoms with Crippen LogP contribution in [0.1, 0.15) is 16.7 Å². The van der Waals surface area contributed by atoms with Gasteiger partial charge in [0.1, 0.15) is 5.75 Å². The molecule has 0 aliphatic carbocycles. The Kier molecular flexibility index (Phi) is 3.80. The van der Waals surface area contributed by atoms with Gasteiger partial charge in [-0.3, -0.25) is 10.1 Å². The van der Waals surface area contributed by atoms with Crippen LogP contribution in [0.3, 0.4) is 0 Å². The third-order valence-electron chi connectivity index (χ3n) is 2.96. The minimum absolute atomic E-state index is 0.101. The van der Waals surface area contributed by atoms with E-state index in [4.69, 9.17) is 4.74 Å². The molecule has 4 heteroatoms. The van der Waals surface area contributed by atoms with Gasteiger partial charge in [0.05, 0.1) is 12.0 Å². The second-order valence-corrected chi connectivity index (χ2v) is 4.23. The van der Waals surface area contributed by atoms with Crippen LogP contribution in [0.2, 0.25) is 0 Å². The summed E-state index contributed by atoms with van der Waals surface area (Å²) < 4.78 is 5.18. The van der Waals surface area contributed by atoms with Crippen LogP contribution in [0, 0.1) is 17.0 Å². The zero-order chi connectivity index (χ0) is 13.8. The fraction of sp³-hybridized carbons (Fsp3) is 0.133. The average Bonchev–Trinajstić information content (AvgIpc) is 2.42. The molecule has 2 aromatic rings. The standard InChI is InChI=1S/C15H14NO3/c1-11-3-8-15(19-2)10-13(11)9-12-4-6-14(7-5-12)16(17)18/h3-8,10H,1,9H2,2H3. The number of methoxy groups -OCH3 is 1. The average molecular weight is 256 g/mol. The van der Waals surface area contributed by atoms with Crippen molar-refractivity contribution in [3.63, 3.8) is 0 Å². The molecule has 0 aliphatic rings. The number of rotatable bonds is 4. The van der Waals surface area contributed by atoms with Crippen molar-refractivity contribution in [3.05, 3.63) is 76.2 Å². The van der Waals surface area contributed by atoms with Gasteiger partial charge in [0, 0.05) is 12.1 Å². The molecule has 0 spiro atoms. The van der Waals surface area contributed by atoms with Gasteiger partial charge in [-0.1, -0.05) is 18.2 Å².